The quantitative estimate of drug-likeness (QED) is 0.0839. The Kier molecular flexibility index (Phi) is 10.7. The lowest BCUT2D eigenvalue weighted by Gasteiger charge is -2.22. The van der Waals surface area contributed by atoms with Crippen LogP contribution in [0, 0.1) is 0 Å². The standard InChI is InChI=1S/C54H46N4Si/c1-3-59(2)52-27-13-11-24-47(52)45-22-14-20-42(34-45)43-21-15-23-46(35-43)58-50-26-12-10-25-48(50)49-36-44(32-33-51(49)58)39-28-30-40(31-29-39)53(55)57-54(41-18-8-5-9-19-41)56-37-38-16-6-4-7-17-38/h3-21,23-36,45,59H,1,22,37H2,2H3,(H2,55,56,57). The van der Waals surface area contributed by atoms with E-state index in [4.69, 9.17) is 15.7 Å². The second-order valence-electron chi connectivity index (χ2n) is 15.2. The molecule has 0 saturated carbocycles. The maximum Gasteiger partial charge on any atom is 0.157 e. The third-order valence-corrected chi connectivity index (χ3v) is 13.7. The topological polar surface area (TPSA) is 55.7 Å². The zero-order valence-corrected chi connectivity index (χ0v) is 34.4. The number of aromatic nitrogens is 1. The van der Waals surface area contributed by atoms with Gasteiger partial charge in [0.05, 0.1) is 26.4 Å². The Hall–Kier alpha value is -7.08. The van der Waals surface area contributed by atoms with Crippen molar-refractivity contribution in [2.45, 2.75) is 25.4 Å². The molecule has 59 heavy (non-hydrogen) atoms. The maximum absolute atomic E-state index is 6.66. The van der Waals surface area contributed by atoms with Gasteiger partial charge in [-0.25, -0.2) is 4.99 Å². The molecule has 1 aromatic heterocycles. The molecule has 2 unspecified atom stereocenters. The molecule has 2 atom stereocenters. The smallest absolute Gasteiger partial charge is 0.157 e. The Bertz CT molecular complexity index is 2920. The van der Waals surface area contributed by atoms with E-state index in [0.29, 0.717) is 24.1 Å². The van der Waals surface area contributed by atoms with Gasteiger partial charge in [0, 0.05) is 33.5 Å². The van der Waals surface area contributed by atoms with Gasteiger partial charge < -0.3 is 10.3 Å². The van der Waals surface area contributed by atoms with Crippen LogP contribution in [-0.2, 0) is 6.54 Å². The normalized spacial score (nSPS) is 15.0. The number of hydrogen-bond acceptors (Lipinski definition) is 1. The SMILES string of the molecule is C=C[SiH](C)c1ccccc1C1C=C(c2cccc(-n3c4ccccc4c4cc(-c5ccc(C(N)=NC(=NCc6ccccc6)c6ccccc6)cc5)ccc43)c2)C=CC1. The Balaban J connectivity index is 1.03. The van der Waals surface area contributed by atoms with E-state index in [1.807, 2.05) is 60.7 Å². The molecule has 0 saturated heterocycles. The van der Waals surface area contributed by atoms with Crippen LogP contribution in [0.3, 0.4) is 0 Å². The van der Waals surface area contributed by atoms with E-state index in [0.717, 1.165) is 39.9 Å². The average Bonchev–Trinajstić information content (AvgIpc) is 3.64. The predicted molar refractivity (Wildman–Crippen MR) is 254 cm³/mol. The molecule has 0 spiro atoms. The predicted octanol–water partition coefficient (Wildman–Crippen LogP) is 11.7. The van der Waals surface area contributed by atoms with Crippen molar-refractivity contribution in [3.8, 4) is 16.8 Å². The summed E-state index contributed by atoms with van der Waals surface area (Å²) in [5, 5.41) is 3.92. The number of fused-ring (bicyclic) bond motifs is 3. The largest absolute Gasteiger partial charge is 0.383 e. The summed E-state index contributed by atoms with van der Waals surface area (Å²) in [5.41, 5.74) is 21.4. The van der Waals surface area contributed by atoms with Gasteiger partial charge >= 0.3 is 0 Å². The van der Waals surface area contributed by atoms with Gasteiger partial charge in [0.25, 0.3) is 0 Å². The van der Waals surface area contributed by atoms with Gasteiger partial charge in [0.15, 0.2) is 5.84 Å². The molecule has 0 amide bonds. The van der Waals surface area contributed by atoms with E-state index in [-0.39, 0.29) is 0 Å². The number of hydrogen-bond donors (Lipinski definition) is 1. The van der Waals surface area contributed by atoms with Gasteiger partial charge in [0.2, 0.25) is 0 Å². The second-order valence-corrected chi connectivity index (χ2v) is 17.9. The summed E-state index contributed by atoms with van der Waals surface area (Å²) in [5.74, 6) is 1.39. The van der Waals surface area contributed by atoms with Crippen molar-refractivity contribution >= 4 is 53.0 Å². The van der Waals surface area contributed by atoms with Crippen LogP contribution in [0.1, 0.15) is 40.2 Å². The van der Waals surface area contributed by atoms with E-state index in [2.05, 4.69) is 157 Å². The van der Waals surface area contributed by atoms with Gasteiger partial charge in [-0.3, -0.25) is 4.99 Å². The fraction of sp³-hybridized carbons (Fsp3) is 0.0741. The number of benzene rings is 7. The molecule has 0 radical (unpaired) electrons. The summed E-state index contributed by atoms with van der Waals surface area (Å²) in [6, 6.07) is 62.0. The summed E-state index contributed by atoms with van der Waals surface area (Å²) >= 11 is 0. The summed E-state index contributed by atoms with van der Waals surface area (Å²) in [6.07, 6.45) is 8.10. The van der Waals surface area contributed by atoms with E-state index in [9.17, 15) is 0 Å². The molecule has 9 rings (SSSR count). The Morgan fingerprint density at radius 1 is 0.695 bits per heavy atom. The number of rotatable bonds is 10. The van der Waals surface area contributed by atoms with Crippen molar-refractivity contribution in [1.29, 1.82) is 0 Å². The molecule has 5 heteroatoms. The number of amidine groups is 2. The monoisotopic (exact) mass is 778 g/mol. The summed E-state index contributed by atoms with van der Waals surface area (Å²) in [7, 11) is -1.20. The molecule has 8 aromatic rings. The second kappa shape index (κ2) is 16.8. The van der Waals surface area contributed by atoms with Crippen LogP contribution in [-0.4, -0.2) is 25.0 Å². The number of aliphatic imine (C=N–C) groups is 2. The minimum absolute atomic E-state index is 0.347. The van der Waals surface area contributed by atoms with Crippen molar-refractivity contribution < 1.29 is 0 Å². The maximum atomic E-state index is 6.66. The third-order valence-electron chi connectivity index (χ3n) is 11.4. The van der Waals surface area contributed by atoms with Gasteiger partial charge in [0.1, 0.15) is 5.84 Å². The molecule has 1 aliphatic rings. The first kappa shape index (κ1) is 37.5. The molecule has 0 bridgehead atoms. The molecular weight excluding hydrogens is 733 g/mol. The van der Waals surface area contributed by atoms with E-state index < -0.39 is 8.80 Å². The fourth-order valence-corrected chi connectivity index (χ4v) is 9.78. The van der Waals surface area contributed by atoms with Crippen molar-refractivity contribution in [3.05, 3.63) is 234 Å². The van der Waals surface area contributed by atoms with Crippen LogP contribution in [0.2, 0.25) is 6.55 Å². The van der Waals surface area contributed by atoms with Crippen LogP contribution >= 0.6 is 0 Å². The highest BCUT2D eigenvalue weighted by Crippen LogP contribution is 2.37. The first-order valence-electron chi connectivity index (χ1n) is 20.4. The van der Waals surface area contributed by atoms with Crippen LogP contribution in [0.15, 0.2) is 216 Å². The van der Waals surface area contributed by atoms with E-state index >= 15 is 0 Å². The van der Waals surface area contributed by atoms with E-state index in [1.165, 1.54) is 43.7 Å². The van der Waals surface area contributed by atoms with Crippen LogP contribution < -0.4 is 10.9 Å². The molecule has 286 valence electrons. The van der Waals surface area contributed by atoms with Gasteiger partial charge in [-0.05, 0) is 70.1 Å². The summed E-state index contributed by atoms with van der Waals surface area (Å²) in [6.45, 7) is 7.02. The number of para-hydroxylation sites is 1. The molecule has 4 nitrogen and oxygen atoms in total. The number of allylic oxidation sites excluding steroid dienone is 4. The van der Waals surface area contributed by atoms with Crippen molar-refractivity contribution in [2.75, 3.05) is 0 Å². The average molecular weight is 779 g/mol. The molecular formula is C54H46N4Si. The minimum Gasteiger partial charge on any atom is -0.383 e. The number of nitrogens with two attached hydrogens (primary N) is 1. The molecule has 2 N–H and O–H groups in total. The lowest BCUT2D eigenvalue weighted by Crippen LogP contribution is -2.29. The van der Waals surface area contributed by atoms with Crippen molar-refractivity contribution in [3.63, 3.8) is 0 Å². The zero-order chi connectivity index (χ0) is 40.1. The lowest BCUT2D eigenvalue weighted by molar-refractivity contribution is 0.862. The molecule has 1 aliphatic carbocycles. The highest BCUT2D eigenvalue weighted by Gasteiger charge is 2.19. The Morgan fingerprint density at radius 2 is 1.41 bits per heavy atom. The summed E-state index contributed by atoms with van der Waals surface area (Å²) < 4.78 is 2.40. The van der Waals surface area contributed by atoms with Crippen LogP contribution in [0.25, 0.3) is 44.2 Å². The van der Waals surface area contributed by atoms with Gasteiger partial charge in [-0.15, -0.1) is 12.3 Å². The molecule has 1 heterocycles. The Morgan fingerprint density at radius 3 is 2.22 bits per heavy atom. The van der Waals surface area contributed by atoms with Crippen molar-refractivity contribution in [2.24, 2.45) is 15.7 Å². The first-order chi connectivity index (χ1) is 29.0. The summed E-state index contributed by atoms with van der Waals surface area (Å²) in [4.78, 5) is 9.71. The van der Waals surface area contributed by atoms with Crippen LogP contribution in [0.5, 0.6) is 0 Å². The van der Waals surface area contributed by atoms with Crippen molar-refractivity contribution in [1.82, 2.24) is 4.57 Å². The highest BCUT2D eigenvalue weighted by atomic mass is 28.3. The minimum atomic E-state index is -1.20. The van der Waals surface area contributed by atoms with Gasteiger partial charge in [-0.1, -0.05) is 176 Å². The highest BCUT2D eigenvalue weighted by molar-refractivity contribution is 6.76. The molecule has 0 fully saturated rings. The Labute approximate surface area is 348 Å². The molecule has 0 aliphatic heterocycles. The third kappa shape index (κ3) is 7.81. The number of nitrogens with zero attached hydrogens (tertiary/aromatic N) is 3. The lowest BCUT2D eigenvalue weighted by atomic mass is 9.87. The zero-order valence-electron chi connectivity index (χ0n) is 33.2. The molecule has 7 aromatic carbocycles. The first-order valence-corrected chi connectivity index (χ1v) is 22.8. The van der Waals surface area contributed by atoms with Gasteiger partial charge in [-0.2, -0.15) is 0 Å². The van der Waals surface area contributed by atoms with E-state index in [1.54, 1.807) is 0 Å². The fourth-order valence-electron chi connectivity index (χ4n) is 8.28. The van der Waals surface area contributed by atoms with Crippen LogP contribution in [0.4, 0.5) is 0 Å².